The van der Waals surface area contributed by atoms with Crippen molar-refractivity contribution in [3.05, 3.63) is 64.2 Å². The largest absolute Gasteiger partial charge is 0.384 e. The lowest BCUT2D eigenvalue weighted by Gasteiger charge is -2.30. The van der Waals surface area contributed by atoms with E-state index in [1.807, 2.05) is 0 Å². The van der Waals surface area contributed by atoms with Crippen LogP contribution >= 0.6 is 11.8 Å². The summed E-state index contributed by atoms with van der Waals surface area (Å²) < 4.78 is 0. The number of aryl methyl sites for hydroxylation is 3. The molecule has 0 aliphatic heterocycles. The highest BCUT2D eigenvalue weighted by molar-refractivity contribution is 7.99. The van der Waals surface area contributed by atoms with E-state index in [1.165, 1.54) is 74.8 Å². The van der Waals surface area contributed by atoms with Gasteiger partial charge in [-0.2, -0.15) is 11.8 Å². The number of anilines is 1. The van der Waals surface area contributed by atoms with Gasteiger partial charge in [-0.15, -0.1) is 0 Å². The van der Waals surface area contributed by atoms with Crippen LogP contribution in [0.15, 0.2) is 36.4 Å². The summed E-state index contributed by atoms with van der Waals surface area (Å²) >= 11 is 2.20. The predicted molar refractivity (Wildman–Crippen MR) is 123 cm³/mol. The molecule has 0 unspecified atom stereocenters. The highest BCUT2D eigenvalue weighted by atomic mass is 32.2. The third-order valence-electron chi connectivity index (χ3n) is 7.43. The molecule has 1 nitrogen and oxygen atoms in total. The van der Waals surface area contributed by atoms with Crippen LogP contribution in [0.2, 0.25) is 0 Å². The lowest BCUT2D eigenvalue weighted by molar-refractivity contribution is 0.506. The highest BCUT2D eigenvalue weighted by Crippen LogP contribution is 2.55. The van der Waals surface area contributed by atoms with E-state index in [2.05, 4.69) is 60.4 Å². The van der Waals surface area contributed by atoms with Gasteiger partial charge in [0.05, 0.1) is 0 Å². The first-order chi connectivity index (χ1) is 13.8. The molecule has 0 bridgehead atoms. The third kappa shape index (κ3) is 3.18. The van der Waals surface area contributed by atoms with E-state index >= 15 is 0 Å². The van der Waals surface area contributed by atoms with Gasteiger partial charge in [-0.1, -0.05) is 49.6 Å². The Morgan fingerprint density at radius 3 is 2.43 bits per heavy atom. The zero-order chi connectivity index (χ0) is 19.0. The topological polar surface area (TPSA) is 12.0 Å². The van der Waals surface area contributed by atoms with Gasteiger partial charge < -0.3 is 5.32 Å². The number of thioether (sulfide) groups is 1. The molecule has 1 saturated carbocycles. The van der Waals surface area contributed by atoms with Crippen LogP contribution in [0.4, 0.5) is 5.69 Å². The lowest BCUT2D eigenvalue weighted by atomic mass is 9.74. The van der Waals surface area contributed by atoms with Gasteiger partial charge in [0.1, 0.15) is 0 Å². The van der Waals surface area contributed by atoms with Crippen molar-refractivity contribution in [1.29, 1.82) is 0 Å². The summed E-state index contributed by atoms with van der Waals surface area (Å²) in [5, 5.41) is 4.78. The van der Waals surface area contributed by atoms with Gasteiger partial charge in [-0.3, -0.25) is 0 Å². The van der Waals surface area contributed by atoms with Crippen molar-refractivity contribution in [2.24, 2.45) is 0 Å². The molecule has 0 heterocycles. The van der Waals surface area contributed by atoms with E-state index < -0.39 is 0 Å². The van der Waals surface area contributed by atoms with E-state index in [-0.39, 0.29) is 5.41 Å². The van der Waals surface area contributed by atoms with Crippen LogP contribution in [0.25, 0.3) is 0 Å². The Hall–Kier alpha value is -1.41. The Labute approximate surface area is 174 Å². The molecule has 0 aromatic heterocycles. The van der Waals surface area contributed by atoms with Crippen LogP contribution in [0, 0.1) is 6.92 Å². The van der Waals surface area contributed by atoms with E-state index in [0.29, 0.717) is 0 Å². The third-order valence-corrected chi connectivity index (χ3v) is 8.82. The van der Waals surface area contributed by atoms with Crippen LogP contribution in [-0.4, -0.2) is 17.5 Å². The number of benzene rings is 2. The van der Waals surface area contributed by atoms with Gasteiger partial charge in [-0.05, 0) is 79.3 Å². The van der Waals surface area contributed by atoms with Crippen molar-refractivity contribution in [2.75, 3.05) is 17.6 Å². The van der Waals surface area contributed by atoms with Crippen LogP contribution in [0.3, 0.4) is 0 Å². The average molecular weight is 392 g/mol. The minimum atomic E-state index is 0.260. The van der Waals surface area contributed by atoms with Crippen molar-refractivity contribution in [3.63, 3.8) is 0 Å². The standard InChI is InChI=1S/C26H33NS/c1-19-7-5-8-20-13-15-26(24(19)20)16-14-21-9-6-12-23(25(21)26)27-17-18-28-22-10-3-2-4-11-22/h5-9,12,22,27H,2-4,10-11,13-18H2,1H3/t26-/m1/s1. The average Bonchev–Trinajstić information content (AvgIpc) is 3.30. The molecular formula is C26H33NS. The summed E-state index contributed by atoms with van der Waals surface area (Å²) in [4.78, 5) is 0. The first-order valence-electron chi connectivity index (χ1n) is 11.3. The van der Waals surface area contributed by atoms with Crippen molar-refractivity contribution >= 4 is 17.4 Å². The van der Waals surface area contributed by atoms with Gasteiger partial charge in [0.2, 0.25) is 0 Å². The minimum Gasteiger partial charge on any atom is -0.384 e. The van der Waals surface area contributed by atoms with Crippen LogP contribution in [-0.2, 0) is 18.3 Å². The highest BCUT2D eigenvalue weighted by Gasteiger charge is 2.46. The van der Waals surface area contributed by atoms with Crippen LogP contribution < -0.4 is 5.32 Å². The van der Waals surface area contributed by atoms with E-state index in [1.54, 1.807) is 22.3 Å². The Balaban J connectivity index is 1.36. The van der Waals surface area contributed by atoms with Gasteiger partial charge in [0.15, 0.2) is 0 Å². The van der Waals surface area contributed by atoms with E-state index in [9.17, 15) is 0 Å². The normalized spacial score (nSPS) is 23.8. The Morgan fingerprint density at radius 1 is 0.929 bits per heavy atom. The molecule has 3 aliphatic carbocycles. The second-order valence-corrected chi connectivity index (χ2v) is 10.5. The van der Waals surface area contributed by atoms with Crippen molar-refractivity contribution in [1.82, 2.24) is 0 Å². The number of nitrogens with one attached hydrogen (secondary N) is 1. The fourth-order valence-corrected chi connectivity index (χ4v) is 7.45. The molecule has 1 N–H and O–H groups in total. The summed E-state index contributed by atoms with van der Waals surface area (Å²) in [6, 6.07) is 13.9. The summed E-state index contributed by atoms with van der Waals surface area (Å²) in [5.74, 6) is 1.23. The monoisotopic (exact) mass is 391 g/mol. The summed E-state index contributed by atoms with van der Waals surface area (Å²) in [6.45, 7) is 3.41. The molecule has 1 spiro atoms. The number of fused-ring (bicyclic) bond motifs is 4. The Kier molecular flexibility index (Phi) is 5.17. The number of hydrogen-bond acceptors (Lipinski definition) is 2. The van der Waals surface area contributed by atoms with E-state index in [0.717, 1.165) is 11.8 Å². The van der Waals surface area contributed by atoms with Crippen molar-refractivity contribution in [3.8, 4) is 0 Å². The fourth-order valence-electron chi connectivity index (χ4n) is 6.23. The molecule has 1 atom stereocenters. The molecule has 148 valence electrons. The van der Waals surface area contributed by atoms with Crippen LogP contribution in [0.5, 0.6) is 0 Å². The van der Waals surface area contributed by atoms with Crippen molar-refractivity contribution < 1.29 is 0 Å². The molecule has 3 aliphatic rings. The zero-order valence-electron chi connectivity index (χ0n) is 17.2. The van der Waals surface area contributed by atoms with Crippen molar-refractivity contribution in [2.45, 2.75) is 75.4 Å². The SMILES string of the molecule is Cc1cccc2c1[C@@]1(CC2)CCc2cccc(NCCSC3CCCCC3)c21. The summed E-state index contributed by atoms with van der Waals surface area (Å²) in [6.07, 6.45) is 12.3. The molecule has 5 rings (SSSR count). The predicted octanol–water partition coefficient (Wildman–Crippen LogP) is 6.65. The zero-order valence-corrected chi connectivity index (χ0v) is 18.0. The van der Waals surface area contributed by atoms with E-state index in [4.69, 9.17) is 0 Å². The molecule has 28 heavy (non-hydrogen) atoms. The molecule has 2 aromatic carbocycles. The molecule has 2 aromatic rings. The molecular weight excluding hydrogens is 358 g/mol. The quantitative estimate of drug-likeness (QED) is 0.573. The van der Waals surface area contributed by atoms with Gasteiger partial charge in [0, 0.05) is 28.6 Å². The molecule has 0 saturated heterocycles. The maximum atomic E-state index is 3.87. The minimum absolute atomic E-state index is 0.260. The maximum Gasteiger partial charge on any atom is 0.0384 e. The van der Waals surface area contributed by atoms with Gasteiger partial charge in [0.25, 0.3) is 0 Å². The second kappa shape index (κ2) is 7.78. The maximum absolute atomic E-state index is 3.87. The number of rotatable bonds is 5. The summed E-state index contributed by atoms with van der Waals surface area (Å²) in [5.41, 5.74) is 9.62. The molecule has 0 amide bonds. The van der Waals surface area contributed by atoms with Gasteiger partial charge >= 0.3 is 0 Å². The Bertz CT molecular complexity index is 848. The molecule has 0 radical (unpaired) electrons. The summed E-state index contributed by atoms with van der Waals surface area (Å²) in [7, 11) is 0. The first kappa shape index (κ1) is 18.6. The van der Waals surface area contributed by atoms with Crippen LogP contribution in [0.1, 0.15) is 72.8 Å². The first-order valence-corrected chi connectivity index (χ1v) is 12.4. The number of hydrogen-bond donors (Lipinski definition) is 1. The molecule has 1 fully saturated rings. The Morgan fingerprint density at radius 2 is 1.64 bits per heavy atom. The smallest absolute Gasteiger partial charge is 0.0384 e. The lowest BCUT2D eigenvalue weighted by Crippen LogP contribution is -2.24. The fraction of sp³-hybridized carbons (Fsp3) is 0.538. The molecule has 2 heteroatoms. The van der Waals surface area contributed by atoms with Gasteiger partial charge in [-0.25, -0.2) is 0 Å². The second-order valence-electron chi connectivity index (χ2n) is 9.09.